The van der Waals surface area contributed by atoms with Gasteiger partial charge in [-0.05, 0) is 63.0 Å². The molecule has 0 atom stereocenters. The Balaban J connectivity index is 1.59. The minimum atomic E-state index is 0.798. The van der Waals surface area contributed by atoms with E-state index in [0.29, 0.717) is 0 Å². The van der Waals surface area contributed by atoms with Crippen LogP contribution in [0.5, 0.6) is 11.5 Å². The predicted octanol–water partition coefficient (Wildman–Crippen LogP) is 4.12. The highest BCUT2D eigenvalue weighted by atomic mass is 16.5. The van der Waals surface area contributed by atoms with Crippen LogP contribution in [-0.4, -0.2) is 37.7 Å². The number of nitrogens with zero attached hydrogens (tertiary/aromatic N) is 1. The average Bonchev–Trinajstić information content (AvgIpc) is 2.54. The maximum Gasteiger partial charge on any atom is 0.119 e. The van der Waals surface area contributed by atoms with Crippen molar-refractivity contribution in [3.05, 3.63) is 24.3 Å². The Morgan fingerprint density at radius 3 is 2.00 bits per heavy atom. The summed E-state index contributed by atoms with van der Waals surface area (Å²) < 4.78 is 11.4. The van der Waals surface area contributed by atoms with Crippen LogP contribution in [0.15, 0.2) is 24.3 Å². The molecule has 0 unspecified atom stereocenters. The molecule has 2 rings (SSSR count). The van der Waals surface area contributed by atoms with Gasteiger partial charge in [-0.25, -0.2) is 0 Å². The third-order valence-corrected chi connectivity index (χ3v) is 3.93. The molecule has 3 nitrogen and oxygen atoms in total. The summed E-state index contributed by atoms with van der Waals surface area (Å²) in [5.41, 5.74) is 0. The zero-order chi connectivity index (χ0) is 14.8. The van der Waals surface area contributed by atoms with E-state index < -0.39 is 0 Å². The number of piperidine rings is 1. The Labute approximate surface area is 129 Å². The van der Waals surface area contributed by atoms with Gasteiger partial charge in [0.15, 0.2) is 0 Å². The molecule has 1 fully saturated rings. The fourth-order valence-corrected chi connectivity index (χ4v) is 2.63. The summed E-state index contributed by atoms with van der Waals surface area (Å²) in [6, 6.07) is 8.00. The van der Waals surface area contributed by atoms with Crippen LogP contribution in [-0.2, 0) is 0 Å². The minimum absolute atomic E-state index is 0.798. The fourth-order valence-electron chi connectivity index (χ4n) is 2.63. The summed E-state index contributed by atoms with van der Waals surface area (Å²) in [4.78, 5) is 2.55. The van der Waals surface area contributed by atoms with Crippen molar-refractivity contribution in [3.63, 3.8) is 0 Å². The van der Waals surface area contributed by atoms with E-state index in [0.717, 1.165) is 50.5 Å². The van der Waals surface area contributed by atoms with Crippen LogP contribution in [0.1, 0.15) is 45.4 Å². The van der Waals surface area contributed by atoms with Crippen LogP contribution in [0.3, 0.4) is 0 Å². The molecule has 0 aliphatic carbocycles. The lowest BCUT2D eigenvalue weighted by molar-refractivity contribution is 0.205. The summed E-state index contributed by atoms with van der Waals surface area (Å²) in [5, 5.41) is 0. The molecule has 0 aromatic heterocycles. The van der Waals surface area contributed by atoms with Gasteiger partial charge in [-0.1, -0.05) is 19.8 Å². The zero-order valence-electron chi connectivity index (χ0n) is 13.4. The molecule has 1 aromatic rings. The van der Waals surface area contributed by atoms with Crippen LogP contribution in [0.25, 0.3) is 0 Å². The molecular weight excluding hydrogens is 262 g/mol. The van der Waals surface area contributed by atoms with Gasteiger partial charge in [0, 0.05) is 6.54 Å². The van der Waals surface area contributed by atoms with Gasteiger partial charge in [0.25, 0.3) is 0 Å². The number of likely N-dealkylation sites (tertiary alicyclic amines) is 1. The molecule has 1 aromatic carbocycles. The van der Waals surface area contributed by atoms with Crippen LogP contribution in [0.4, 0.5) is 0 Å². The zero-order valence-corrected chi connectivity index (χ0v) is 13.4. The van der Waals surface area contributed by atoms with Gasteiger partial charge in [0.1, 0.15) is 11.5 Å². The Morgan fingerprint density at radius 1 is 0.857 bits per heavy atom. The molecule has 3 heteroatoms. The molecular formula is C18H29NO2. The predicted molar refractivity (Wildman–Crippen MR) is 87.2 cm³/mol. The molecule has 0 N–H and O–H groups in total. The number of hydrogen-bond donors (Lipinski definition) is 0. The normalized spacial score (nSPS) is 15.9. The topological polar surface area (TPSA) is 21.7 Å². The Kier molecular flexibility index (Phi) is 7.44. The first-order chi connectivity index (χ1) is 10.4. The quantitative estimate of drug-likeness (QED) is 0.639. The SMILES string of the molecule is CCCCOc1ccc(OCCCN2CCCCC2)cc1. The highest BCUT2D eigenvalue weighted by molar-refractivity contribution is 5.31. The van der Waals surface area contributed by atoms with Crippen LogP contribution in [0.2, 0.25) is 0 Å². The van der Waals surface area contributed by atoms with Crippen LogP contribution >= 0.6 is 0 Å². The van der Waals surface area contributed by atoms with E-state index in [2.05, 4.69) is 11.8 Å². The van der Waals surface area contributed by atoms with E-state index in [1.54, 1.807) is 0 Å². The molecule has 0 spiro atoms. The molecule has 21 heavy (non-hydrogen) atoms. The Bertz CT molecular complexity index is 371. The highest BCUT2D eigenvalue weighted by Crippen LogP contribution is 2.18. The lowest BCUT2D eigenvalue weighted by Crippen LogP contribution is -2.31. The molecule has 1 aliphatic rings. The van der Waals surface area contributed by atoms with Crippen molar-refractivity contribution in [2.75, 3.05) is 32.8 Å². The van der Waals surface area contributed by atoms with Crippen LogP contribution in [0, 0.1) is 0 Å². The van der Waals surface area contributed by atoms with Crippen molar-refractivity contribution >= 4 is 0 Å². The summed E-state index contributed by atoms with van der Waals surface area (Å²) in [5.74, 6) is 1.88. The molecule has 0 radical (unpaired) electrons. The molecule has 118 valence electrons. The molecule has 1 aliphatic heterocycles. The first kappa shape index (κ1) is 16.2. The minimum Gasteiger partial charge on any atom is -0.494 e. The first-order valence-electron chi connectivity index (χ1n) is 8.46. The molecule has 0 amide bonds. The van der Waals surface area contributed by atoms with Gasteiger partial charge in [-0.3, -0.25) is 0 Å². The van der Waals surface area contributed by atoms with E-state index in [4.69, 9.17) is 9.47 Å². The maximum absolute atomic E-state index is 5.80. The van der Waals surface area contributed by atoms with Gasteiger partial charge in [-0.2, -0.15) is 0 Å². The van der Waals surface area contributed by atoms with Crippen molar-refractivity contribution in [3.8, 4) is 11.5 Å². The van der Waals surface area contributed by atoms with E-state index in [1.165, 1.54) is 32.4 Å². The van der Waals surface area contributed by atoms with Crippen molar-refractivity contribution in [2.24, 2.45) is 0 Å². The molecule has 0 bridgehead atoms. The smallest absolute Gasteiger partial charge is 0.119 e. The number of ether oxygens (including phenoxy) is 2. The van der Waals surface area contributed by atoms with Crippen molar-refractivity contribution in [1.29, 1.82) is 0 Å². The Hall–Kier alpha value is -1.22. The van der Waals surface area contributed by atoms with E-state index in [-0.39, 0.29) is 0 Å². The summed E-state index contributed by atoms with van der Waals surface area (Å²) >= 11 is 0. The number of hydrogen-bond acceptors (Lipinski definition) is 3. The van der Waals surface area contributed by atoms with E-state index in [1.807, 2.05) is 24.3 Å². The van der Waals surface area contributed by atoms with Crippen LogP contribution < -0.4 is 9.47 Å². The first-order valence-corrected chi connectivity index (χ1v) is 8.46. The lowest BCUT2D eigenvalue weighted by Gasteiger charge is -2.26. The maximum atomic E-state index is 5.80. The third kappa shape index (κ3) is 6.38. The van der Waals surface area contributed by atoms with Gasteiger partial charge < -0.3 is 14.4 Å². The van der Waals surface area contributed by atoms with Gasteiger partial charge in [-0.15, -0.1) is 0 Å². The van der Waals surface area contributed by atoms with Crippen molar-refractivity contribution in [1.82, 2.24) is 4.90 Å². The molecule has 1 heterocycles. The number of unbranched alkanes of at least 4 members (excludes halogenated alkanes) is 1. The monoisotopic (exact) mass is 291 g/mol. The standard InChI is InChI=1S/C18H29NO2/c1-2-3-15-20-17-8-10-18(11-9-17)21-16-7-14-19-12-5-4-6-13-19/h8-11H,2-7,12-16H2,1H3. The summed E-state index contributed by atoms with van der Waals surface area (Å²) in [6.07, 6.45) is 7.50. The number of benzene rings is 1. The van der Waals surface area contributed by atoms with E-state index in [9.17, 15) is 0 Å². The second kappa shape index (κ2) is 9.67. The highest BCUT2D eigenvalue weighted by Gasteiger charge is 2.08. The van der Waals surface area contributed by atoms with Crippen molar-refractivity contribution in [2.45, 2.75) is 45.4 Å². The van der Waals surface area contributed by atoms with E-state index >= 15 is 0 Å². The lowest BCUT2D eigenvalue weighted by atomic mass is 10.1. The Morgan fingerprint density at radius 2 is 1.43 bits per heavy atom. The second-order valence-electron chi connectivity index (χ2n) is 5.78. The largest absolute Gasteiger partial charge is 0.494 e. The van der Waals surface area contributed by atoms with Gasteiger partial charge in [0.05, 0.1) is 13.2 Å². The van der Waals surface area contributed by atoms with Crippen molar-refractivity contribution < 1.29 is 9.47 Å². The second-order valence-corrected chi connectivity index (χ2v) is 5.78. The van der Waals surface area contributed by atoms with Gasteiger partial charge >= 0.3 is 0 Å². The fraction of sp³-hybridized carbons (Fsp3) is 0.667. The third-order valence-electron chi connectivity index (χ3n) is 3.93. The average molecular weight is 291 g/mol. The number of rotatable bonds is 9. The summed E-state index contributed by atoms with van der Waals surface area (Å²) in [7, 11) is 0. The van der Waals surface area contributed by atoms with Gasteiger partial charge in [0.2, 0.25) is 0 Å². The summed E-state index contributed by atoms with van der Waals surface area (Å²) in [6.45, 7) is 7.47. The molecule has 0 saturated carbocycles. The molecule has 1 saturated heterocycles.